The van der Waals surface area contributed by atoms with E-state index in [1.165, 1.54) is 12.1 Å². The number of ether oxygens (including phenoxy) is 1. The molecular formula is C12H15FN2O2. The van der Waals surface area contributed by atoms with Crippen molar-refractivity contribution in [3.8, 4) is 0 Å². The van der Waals surface area contributed by atoms with E-state index in [1.54, 1.807) is 17.0 Å². The van der Waals surface area contributed by atoms with Gasteiger partial charge in [-0.2, -0.15) is 0 Å². The average molecular weight is 238 g/mol. The largest absolute Gasteiger partial charge is 0.365 e. The molecule has 0 aliphatic carbocycles. The van der Waals surface area contributed by atoms with Crippen molar-refractivity contribution in [2.45, 2.75) is 12.6 Å². The molecule has 2 N–H and O–H groups in total. The Hall–Kier alpha value is -1.46. The van der Waals surface area contributed by atoms with Gasteiger partial charge in [0.2, 0.25) is 5.91 Å². The second-order valence-electron chi connectivity index (χ2n) is 4.07. The molecule has 1 heterocycles. The molecule has 0 aromatic heterocycles. The first kappa shape index (κ1) is 12.0. The molecule has 1 aromatic rings. The van der Waals surface area contributed by atoms with Crippen molar-refractivity contribution in [3.05, 3.63) is 35.6 Å². The Kier molecular flexibility index (Phi) is 3.71. The minimum atomic E-state index is -0.293. The zero-order valence-electron chi connectivity index (χ0n) is 9.43. The summed E-state index contributed by atoms with van der Waals surface area (Å²) >= 11 is 0. The second-order valence-corrected chi connectivity index (χ2v) is 4.07. The van der Waals surface area contributed by atoms with Crippen LogP contribution < -0.4 is 5.73 Å². The van der Waals surface area contributed by atoms with E-state index in [0.717, 1.165) is 5.56 Å². The highest BCUT2D eigenvalue weighted by molar-refractivity contribution is 5.78. The van der Waals surface area contributed by atoms with Crippen molar-refractivity contribution >= 4 is 5.91 Å². The summed E-state index contributed by atoms with van der Waals surface area (Å²) in [5.41, 5.74) is 6.28. The lowest BCUT2D eigenvalue weighted by atomic mass is 10.2. The highest BCUT2D eigenvalue weighted by Crippen LogP contribution is 2.12. The summed E-state index contributed by atoms with van der Waals surface area (Å²) in [5.74, 6) is -0.377. The van der Waals surface area contributed by atoms with Gasteiger partial charge in [0.15, 0.2) is 0 Å². The molecular weight excluding hydrogens is 223 g/mol. The Morgan fingerprint density at radius 1 is 1.53 bits per heavy atom. The molecule has 1 fully saturated rings. The molecule has 1 aliphatic rings. The highest BCUT2D eigenvalue weighted by atomic mass is 19.1. The highest BCUT2D eigenvalue weighted by Gasteiger charge is 2.25. The Labute approximate surface area is 99.2 Å². The maximum atomic E-state index is 13.0. The molecule has 92 valence electrons. The number of amides is 1. The van der Waals surface area contributed by atoms with E-state index >= 15 is 0 Å². The van der Waals surface area contributed by atoms with Crippen LogP contribution >= 0.6 is 0 Å². The third kappa shape index (κ3) is 3.01. The van der Waals surface area contributed by atoms with Gasteiger partial charge in [-0.05, 0) is 17.7 Å². The van der Waals surface area contributed by atoms with Gasteiger partial charge < -0.3 is 15.4 Å². The molecule has 1 unspecified atom stereocenters. The monoisotopic (exact) mass is 238 g/mol. The van der Waals surface area contributed by atoms with E-state index in [-0.39, 0.29) is 24.4 Å². The summed E-state index contributed by atoms with van der Waals surface area (Å²) in [6.45, 7) is 1.30. The quantitative estimate of drug-likeness (QED) is 0.835. The number of nitrogens with two attached hydrogens (primary N) is 1. The van der Waals surface area contributed by atoms with Gasteiger partial charge in [0.25, 0.3) is 0 Å². The molecule has 1 atom stereocenters. The number of benzene rings is 1. The number of rotatable bonds is 3. The number of nitrogens with zero attached hydrogens (tertiary/aromatic N) is 1. The molecule has 1 saturated heterocycles. The van der Waals surface area contributed by atoms with Gasteiger partial charge in [0.1, 0.15) is 12.4 Å². The fourth-order valence-electron chi connectivity index (χ4n) is 1.83. The maximum Gasteiger partial charge on any atom is 0.248 e. The number of carbonyl (C=O) groups is 1. The van der Waals surface area contributed by atoms with Crippen molar-refractivity contribution in [1.82, 2.24) is 4.90 Å². The molecule has 5 heteroatoms. The van der Waals surface area contributed by atoms with Gasteiger partial charge in [0.05, 0.1) is 6.10 Å². The molecule has 0 radical (unpaired) electrons. The first-order valence-corrected chi connectivity index (χ1v) is 5.53. The fourth-order valence-corrected chi connectivity index (χ4v) is 1.83. The van der Waals surface area contributed by atoms with Gasteiger partial charge in [-0.25, -0.2) is 4.39 Å². The van der Waals surface area contributed by atoms with E-state index < -0.39 is 0 Å². The van der Waals surface area contributed by atoms with Gasteiger partial charge in [0, 0.05) is 19.6 Å². The lowest BCUT2D eigenvalue weighted by Crippen LogP contribution is -2.48. The molecule has 17 heavy (non-hydrogen) atoms. The molecule has 0 saturated carbocycles. The maximum absolute atomic E-state index is 13.0. The third-order valence-corrected chi connectivity index (χ3v) is 2.74. The van der Waals surface area contributed by atoms with Crippen molar-refractivity contribution in [1.29, 1.82) is 0 Å². The normalized spacial score (nSPS) is 20.7. The van der Waals surface area contributed by atoms with Crippen LogP contribution in [0.15, 0.2) is 24.3 Å². The van der Waals surface area contributed by atoms with Crippen LogP contribution in [0.1, 0.15) is 5.56 Å². The van der Waals surface area contributed by atoms with Crippen LogP contribution in [0.5, 0.6) is 0 Å². The fraction of sp³-hybridized carbons (Fsp3) is 0.417. The van der Waals surface area contributed by atoms with Crippen LogP contribution in [0, 0.1) is 5.82 Å². The number of hydrogen-bond donors (Lipinski definition) is 1. The van der Waals surface area contributed by atoms with E-state index in [0.29, 0.717) is 19.6 Å². The zero-order valence-corrected chi connectivity index (χ0v) is 9.43. The van der Waals surface area contributed by atoms with Gasteiger partial charge >= 0.3 is 0 Å². The predicted octanol–water partition coefficient (Wildman–Crippen LogP) is 0.512. The van der Waals surface area contributed by atoms with Crippen LogP contribution in [0.2, 0.25) is 0 Å². The Balaban J connectivity index is 2.04. The summed E-state index contributed by atoms with van der Waals surface area (Å²) in [6.07, 6.45) is -0.124. The molecule has 0 spiro atoms. The molecule has 1 aliphatic heterocycles. The van der Waals surface area contributed by atoms with E-state index in [1.807, 2.05) is 0 Å². The summed E-state index contributed by atoms with van der Waals surface area (Å²) in [6, 6.07) is 6.24. The zero-order chi connectivity index (χ0) is 12.3. The predicted molar refractivity (Wildman–Crippen MR) is 60.6 cm³/mol. The molecule has 2 rings (SSSR count). The summed E-state index contributed by atoms with van der Waals surface area (Å²) in [4.78, 5) is 13.3. The Morgan fingerprint density at radius 3 is 3.06 bits per heavy atom. The Bertz CT molecular complexity index is 411. The van der Waals surface area contributed by atoms with E-state index in [2.05, 4.69) is 0 Å². The van der Waals surface area contributed by atoms with Crippen molar-refractivity contribution < 1.29 is 13.9 Å². The summed E-state index contributed by atoms with van der Waals surface area (Å²) in [5, 5.41) is 0. The average Bonchev–Trinajstić information content (AvgIpc) is 2.32. The minimum absolute atomic E-state index is 0.0528. The standard InChI is InChI=1S/C12H15FN2O2/c13-10-3-1-2-9(4-10)6-15-7-11(5-14)17-8-12(15)16/h1-4,11H,5-8,14H2. The van der Waals surface area contributed by atoms with E-state index in [9.17, 15) is 9.18 Å². The minimum Gasteiger partial charge on any atom is -0.365 e. The summed E-state index contributed by atoms with van der Waals surface area (Å²) in [7, 11) is 0. The Morgan fingerprint density at radius 2 is 2.35 bits per heavy atom. The molecule has 1 aromatic carbocycles. The van der Waals surface area contributed by atoms with Crippen LogP contribution in [0.4, 0.5) is 4.39 Å². The lowest BCUT2D eigenvalue weighted by molar-refractivity contribution is -0.149. The van der Waals surface area contributed by atoms with Crippen LogP contribution in [-0.4, -0.2) is 36.6 Å². The van der Waals surface area contributed by atoms with Crippen molar-refractivity contribution in [2.75, 3.05) is 19.7 Å². The smallest absolute Gasteiger partial charge is 0.248 e. The lowest BCUT2D eigenvalue weighted by Gasteiger charge is -2.32. The van der Waals surface area contributed by atoms with Gasteiger partial charge in [-0.15, -0.1) is 0 Å². The van der Waals surface area contributed by atoms with Crippen LogP contribution in [-0.2, 0) is 16.1 Å². The SMILES string of the molecule is NCC1CN(Cc2cccc(F)c2)C(=O)CO1. The third-order valence-electron chi connectivity index (χ3n) is 2.74. The first-order chi connectivity index (χ1) is 8.19. The molecule has 0 bridgehead atoms. The van der Waals surface area contributed by atoms with Gasteiger partial charge in [-0.3, -0.25) is 4.79 Å². The van der Waals surface area contributed by atoms with Gasteiger partial charge in [-0.1, -0.05) is 12.1 Å². The van der Waals surface area contributed by atoms with Crippen LogP contribution in [0.3, 0.4) is 0 Å². The summed E-state index contributed by atoms with van der Waals surface area (Å²) < 4.78 is 18.3. The second kappa shape index (κ2) is 5.25. The van der Waals surface area contributed by atoms with Crippen molar-refractivity contribution in [2.24, 2.45) is 5.73 Å². The number of hydrogen-bond acceptors (Lipinski definition) is 3. The number of carbonyl (C=O) groups excluding carboxylic acids is 1. The number of halogens is 1. The molecule has 4 nitrogen and oxygen atoms in total. The first-order valence-electron chi connectivity index (χ1n) is 5.53. The van der Waals surface area contributed by atoms with E-state index in [4.69, 9.17) is 10.5 Å². The van der Waals surface area contributed by atoms with Crippen LogP contribution in [0.25, 0.3) is 0 Å². The molecule has 1 amide bonds. The number of morpholine rings is 1. The van der Waals surface area contributed by atoms with Crippen molar-refractivity contribution in [3.63, 3.8) is 0 Å². The topological polar surface area (TPSA) is 55.6 Å².